The summed E-state index contributed by atoms with van der Waals surface area (Å²) in [5, 5.41) is 154. The summed E-state index contributed by atoms with van der Waals surface area (Å²) in [6, 6.07) is -2.93. The second-order valence-corrected chi connectivity index (χ2v) is 20.5. The molecule has 24 atom stereocenters. The van der Waals surface area contributed by atoms with Gasteiger partial charge in [-0.15, -0.1) is 0 Å². The van der Waals surface area contributed by atoms with Gasteiger partial charge < -0.3 is 106 Å². The Morgan fingerprint density at radius 1 is 0.658 bits per heavy atom. The predicted molar refractivity (Wildman–Crippen MR) is 271 cm³/mol. The van der Waals surface area contributed by atoms with Crippen LogP contribution in [0.4, 0.5) is 0 Å². The molecule has 1 amide bonds. The molecule has 0 aromatic rings. The molecular formula is C53H84N2O21. The van der Waals surface area contributed by atoms with E-state index in [0.29, 0.717) is 0 Å². The zero-order valence-corrected chi connectivity index (χ0v) is 43.4. The number of aliphatic hydroxyl groups excluding tert-OH is 13. The Hall–Kier alpha value is -3.64. The largest absolute Gasteiger partial charge is 0.462 e. The van der Waals surface area contributed by atoms with Crippen LogP contribution in [0.5, 0.6) is 0 Å². The predicted octanol–water partition coefficient (Wildman–Crippen LogP) is -2.46. The zero-order chi connectivity index (χ0) is 56.4. The molecule has 23 heteroatoms. The second-order valence-electron chi connectivity index (χ2n) is 20.5. The third kappa shape index (κ3) is 19.6. The van der Waals surface area contributed by atoms with E-state index in [9.17, 15) is 81.1 Å². The smallest absolute Gasteiger partial charge is 0.308 e. The van der Waals surface area contributed by atoms with E-state index in [2.05, 4.69) is 5.32 Å². The highest BCUT2D eigenvalue weighted by Gasteiger charge is 2.53. The summed E-state index contributed by atoms with van der Waals surface area (Å²) < 4.78 is 28.8. The first-order valence-corrected chi connectivity index (χ1v) is 25.9. The van der Waals surface area contributed by atoms with Crippen molar-refractivity contribution in [3.8, 4) is 0 Å². The van der Waals surface area contributed by atoms with Crippen molar-refractivity contribution in [1.82, 2.24) is 5.32 Å². The highest BCUT2D eigenvalue weighted by molar-refractivity contribution is 5.80. The van der Waals surface area contributed by atoms with Gasteiger partial charge in [0.15, 0.2) is 18.4 Å². The van der Waals surface area contributed by atoms with Crippen LogP contribution in [0, 0.1) is 17.8 Å². The van der Waals surface area contributed by atoms with Crippen molar-refractivity contribution in [2.24, 2.45) is 23.5 Å². The van der Waals surface area contributed by atoms with Crippen LogP contribution in [0.15, 0.2) is 85.1 Å². The van der Waals surface area contributed by atoms with E-state index in [1.807, 2.05) is 6.92 Å². The minimum Gasteiger partial charge on any atom is -0.462 e. The lowest BCUT2D eigenvalue weighted by atomic mass is 9.81. The fourth-order valence-corrected chi connectivity index (χ4v) is 9.50. The normalized spacial score (nSPS) is 43.8. The molecule has 0 aromatic carbocycles. The van der Waals surface area contributed by atoms with Gasteiger partial charge in [0.2, 0.25) is 5.91 Å². The number of nitrogens with two attached hydrogens (primary N) is 1. The number of carbonyl (C=O) groups excluding carboxylic acids is 2. The van der Waals surface area contributed by atoms with E-state index in [0.717, 1.165) is 0 Å². The van der Waals surface area contributed by atoms with Crippen LogP contribution in [0.2, 0.25) is 0 Å². The molecule has 0 spiro atoms. The lowest BCUT2D eigenvalue weighted by Gasteiger charge is -2.47. The maximum atomic E-state index is 14.2. The lowest BCUT2D eigenvalue weighted by molar-refractivity contribution is -0.307. The van der Waals surface area contributed by atoms with Gasteiger partial charge in [0, 0.05) is 37.5 Å². The number of hydrogen-bond donors (Lipinski definition) is 16. The number of fused-ring (bicyclic) bond motifs is 2. The van der Waals surface area contributed by atoms with Gasteiger partial charge in [-0.25, -0.2) is 0 Å². The van der Waals surface area contributed by atoms with Gasteiger partial charge in [0.05, 0.1) is 92.1 Å². The minimum atomic E-state index is -2.46. The molecular weight excluding hydrogens is 1000 g/mol. The SMILES string of the molecule is CC1[C@H](C)OC(=O)C[C@H](O)C[C@H](O)CC[C@@H](O)[C@H](O)C[C@H](O)C[C@]2(O)C[C@H](O)C(C(=O)N[C@H]3C(O)O[C@H](CO)[C@@H](O)[C@@H]3O)C(C[C@@H](OC3O[C@H](C)[C@@H](O)[C@H](N)[C@@H]3O)C=CC=CC=CC=CC=CC=CC=C[C@H](C)[C@H]1O)O2. The van der Waals surface area contributed by atoms with Gasteiger partial charge in [0.1, 0.15) is 36.6 Å². The first-order chi connectivity index (χ1) is 35.9. The number of aliphatic hydroxyl groups is 14. The summed E-state index contributed by atoms with van der Waals surface area (Å²) in [6.45, 7) is 5.88. The van der Waals surface area contributed by atoms with Crippen molar-refractivity contribution in [1.29, 1.82) is 0 Å². The van der Waals surface area contributed by atoms with Crippen molar-refractivity contribution >= 4 is 11.9 Å². The molecule has 0 aliphatic carbocycles. The van der Waals surface area contributed by atoms with Crippen molar-refractivity contribution < 1.29 is 105 Å². The van der Waals surface area contributed by atoms with Gasteiger partial charge in [-0.05, 0) is 33.1 Å². The molecule has 3 fully saturated rings. The molecule has 76 heavy (non-hydrogen) atoms. The molecule has 4 aliphatic rings. The first-order valence-electron chi connectivity index (χ1n) is 25.9. The fraction of sp³-hybridized carbons (Fsp3) is 0.698. The molecule has 2 bridgehead atoms. The number of rotatable bonds is 5. The summed E-state index contributed by atoms with van der Waals surface area (Å²) in [7, 11) is 0. The average Bonchev–Trinajstić information content (AvgIpc) is 3.34. The van der Waals surface area contributed by atoms with E-state index in [4.69, 9.17) is 29.4 Å². The van der Waals surface area contributed by atoms with Crippen LogP contribution in [0.3, 0.4) is 0 Å². The van der Waals surface area contributed by atoms with Crippen LogP contribution in [0.25, 0.3) is 0 Å². The number of esters is 1. The number of allylic oxidation sites excluding steroid dienone is 12. The van der Waals surface area contributed by atoms with E-state index in [1.54, 1.807) is 92.8 Å². The lowest BCUT2D eigenvalue weighted by Crippen LogP contribution is -2.66. The Labute approximate surface area is 443 Å². The monoisotopic (exact) mass is 1080 g/mol. The van der Waals surface area contributed by atoms with Crippen LogP contribution < -0.4 is 11.1 Å². The summed E-state index contributed by atoms with van der Waals surface area (Å²) in [6.07, 6.45) is -5.57. The Balaban J connectivity index is 1.65. The van der Waals surface area contributed by atoms with E-state index in [-0.39, 0.29) is 25.2 Å². The van der Waals surface area contributed by atoms with E-state index >= 15 is 0 Å². The van der Waals surface area contributed by atoms with Crippen molar-refractivity contribution in [3.63, 3.8) is 0 Å². The first kappa shape index (κ1) is 64.9. The van der Waals surface area contributed by atoms with E-state index in [1.165, 1.54) is 13.0 Å². The van der Waals surface area contributed by atoms with Gasteiger partial charge in [-0.2, -0.15) is 0 Å². The van der Waals surface area contributed by atoms with Crippen LogP contribution in [-0.2, 0) is 33.3 Å². The van der Waals surface area contributed by atoms with Gasteiger partial charge >= 0.3 is 5.97 Å². The third-order valence-electron chi connectivity index (χ3n) is 14.2. The standard InChI is InChI=1S/C53H84N2O21/c1-28-17-15-13-11-9-7-5-6-8-10-12-14-16-18-35(74-52-48(67)43(54)46(65)31(4)73-52)24-39-42(50(69)55-44-49(68)47(66)40(27-56)75-51(44)70)38(62)26-53(71,76-39)25-34(59)22-37(61)36(60)20-19-32(57)21-33(58)23-41(63)72-30(3)29(2)45(28)64/h5-18,28-40,42-49,51-52,56-62,64-68,70-71H,19-27,54H2,1-4H3,(H,55,69)/t28-,29?,30-,31+,32+,33+,34-,35-,36+,37+,38-,39?,40+,42?,43-,44+,45+,46+,47+,48-,49+,51?,52?,53+/m0/s1. The number of carbonyl (C=O) groups is 2. The molecule has 5 unspecified atom stereocenters. The molecule has 0 saturated carbocycles. The second kappa shape index (κ2) is 31.2. The molecule has 432 valence electrons. The average molecular weight is 1090 g/mol. The van der Waals surface area contributed by atoms with Crippen LogP contribution >= 0.6 is 0 Å². The fourth-order valence-electron chi connectivity index (χ4n) is 9.50. The Kier molecular flexibility index (Phi) is 26.7. The topological polar surface area (TPSA) is 402 Å². The van der Waals surface area contributed by atoms with Gasteiger partial charge in [0.25, 0.3) is 0 Å². The highest BCUT2D eigenvalue weighted by Crippen LogP contribution is 2.39. The number of cyclic esters (lactones) is 1. The highest BCUT2D eigenvalue weighted by atomic mass is 16.7. The van der Waals surface area contributed by atoms with Crippen molar-refractivity contribution in [2.75, 3.05) is 6.61 Å². The Morgan fingerprint density at radius 3 is 1.86 bits per heavy atom. The third-order valence-corrected chi connectivity index (χ3v) is 14.2. The zero-order valence-electron chi connectivity index (χ0n) is 43.4. The van der Waals surface area contributed by atoms with Crippen LogP contribution in [-0.4, -0.2) is 218 Å². The number of amides is 1. The Bertz CT molecular complexity index is 1990. The summed E-state index contributed by atoms with van der Waals surface area (Å²) in [5.74, 6) is -6.76. The van der Waals surface area contributed by atoms with E-state index < -0.39 is 191 Å². The molecule has 0 aromatic heterocycles. The number of ether oxygens (including phenoxy) is 5. The molecule has 3 saturated heterocycles. The number of nitrogens with one attached hydrogen (secondary N) is 1. The molecule has 23 nitrogen and oxygen atoms in total. The summed E-state index contributed by atoms with van der Waals surface area (Å²) in [4.78, 5) is 26.9. The number of hydrogen-bond acceptors (Lipinski definition) is 22. The molecule has 4 aliphatic heterocycles. The minimum absolute atomic E-state index is 0.154. The van der Waals surface area contributed by atoms with Gasteiger partial charge in [-0.3, -0.25) is 9.59 Å². The summed E-state index contributed by atoms with van der Waals surface area (Å²) >= 11 is 0. The molecule has 17 N–H and O–H groups in total. The maximum Gasteiger partial charge on any atom is 0.308 e. The maximum absolute atomic E-state index is 14.2. The van der Waals surface area contributed by atoms with Crippen LogP contribution in [0.1, 0.15) is 79.1 Å². The molecule has 4 heterocycles. The van der Waals surface area contributed by atoms with Gasteiger partial charge in [-0.1, -0.05) is 98.9 Å². The molecule has 4 rings (SSSR count). The Morgan fingerprint density at radius 2 is 1.25 bits per heavy atom. The quantitative estimate of drug-likeness (QED) is 0.127. The van der Waals surface area contributed by atoms with Crippen molar-refractivity contribution in [3.05, 3.63) is 85.1 Å². The van der Waals surface area contributed by atoms with Crippen molar-refractivity contribution in [2.45, 2.75) is 207 Å². The summed E-state index contributed by atoms with van der Waals surface area (Å²) in [5.41, 5.74) is 6.10. The molecule has 0 radical (unpaired) electrons.